The van der Waals surface area contributed by atoms with Crippen molar-refractivity contribution in [1.29, 1.82) is 0 Å². The maximum Gasteiger partial charge on any atom is 0.222 e. The molecular formula is C15H19N5O. The van der Waals surface area contributed by atoms with Crippen LogP contribution in [0.25, 0.3) is 0 Å². The van der Waals surface area contributed by atoms with E-state index in [2.05, 4.69) is 20.5 Å². The van der Waals surface area contributed by atoms with E-state index in [-0.39, 0.29) is 11.9 Å². The molecule has 0 radical (unpaired) electrons. The lowest BCUT2D eigenvalue weighted by atomic mass is 10.0. The molecule has 1 N–H and O–H groups in total. The Morgan fingerprint density at radius 2 is 2.19 bits per heavy atom. The number of aryl methyl sites for hydroxylation is 2. The molecule has 1 fully saturated rings. The number of carbonyl (C=O) groups excluding carboxylic acids is 1. The minimum Gasteiger partial charge on any atom is -0.347 e. The fraction of sp³-hybridized carbons (Fsp3) is 0.467. The number of hydrogen-bond acceptors (Lipinski definition) is 4. The summed E-state index contributed by atoms with van der Waals surface area (Å²) >= 11 is 0. The van der Waals surface area contributed by atoms with Crippen molar-refractivity contribution in [3.63, 3.8) is 0 Å². The van der Waals surface area contributed by atoms with Crippen molar-refractivity contribution in [2.24, 2.45) is 5.92 Å². The highest BCUT2D eigenvalue weighted by atomic mass is 16.1. The molecule has 21 heavy (non-hydrogen) atoms. The van der Waals surface area contributed by atoms with Crippen molar-refractivity contribution in [1.82, 2.24) is 25.1 Å². The first-order chi connectivity index (χ1) is 10.2. The zero-order valence-corrected chi connectivity index (χ0v) is 12.1. The van der Waals surface area contributed by atoms with Gasteiger partial charge in [0.1, 0.15) is 12.7 Å². The quantitative estimate of drug-likeness (QED) is 0.875. The zero-order valence-electron chi connectivity index (χ0n) is 12.1. The van der Waals surface area contributed by atoms with Crippen LogP contribution in [0.2, 0.25) is 0 Å². The van der Waals surface area contributed by atoms with Crippen molar-refractivity contribution in [2.45, 2.75) is 38.8 Å². The van der Waals surface area contributed by atoms with Gasteiger partial charge in [-0.1, -0.05) is 6.07 Å². The Labute approximate surface area is 123 Å². The molecule has 1 aliphatic carbocycles. The van der Waals surface area contributed by atoms with E-state index in [0.717, 1.165) is 24.1 Å². The molecule has 0 aromatic carbocycles. The first kappa shape index (κ1) is 13.7. The Morgan fingerprint density at radius 1 is 1.43 bits per heavy atom. The summed E-state index contributed by atoms with van der Waals surface area (Å²) in [6, 6.07) is 4.01. The van der Waals surface area contributed by atoms with Gasteiger partial charge in [-0.15, -0.1) is 10.2 Å². The molecule has 6 heteroatoms. The molecule has 1 atom stereocenters. The Bertz CT molecular complexity index is 606. The van der Waals surface area contributed by atoms with Crippen molar-refractivity contribution in [3.8, 4) is 0 Å². The van der Waals surface area contributed by atoms with E-state index in [0.29, 0.717) is 18.9 Å². The van der Waals surface area contributed by atoms with E-state index in [9.17, 15) is 4.79 Å². The van der Waals surface area contributed by atoms with Gasteiger partial charge < -0.3 is 9.88 Å². The third kappa shape index (κ3) is 3.45. The van der Waals surface area contributed by atoms with E-state index in [1.807, 2.05) is 19.1 Å². The maximum atomic E-state index is 12.2. The monoisotopic (exact) mass is 285 g/mol. The molecular weight excluding hydrogens is 266 g/mol. The topological polar surface area (TPSA) is 72.7 Å². The molecule has 1 saturated carbocycles. The summed E-state index contributed by atoms with van der Waals surface area (Å²) in [5.41, 5.74) is 2.13. The molecule has 6 nitrogen and oxygen atoms in total. The van der Waals surface area contributed by atoms with Crippen LogP contribution in [0.4, 0.5) is 0 Å². The fourth-order valence-electron chi connectivity index (χ4n) is 2.48. The average Bonchev–Trinajstić information content (AvgIpc) is 3.19. The van der Waals surface area contributed by atoms with E-state index < -0.39 is 0 Å². The van der Waals surface area contributed by atoms with Crippen LogP contribution in [-0.2, 0) is 11.3 Å². The molecule has 110 valence electrons. The highest BCUT2D eigenvalue weighted by Gasteiger charge is 2.34. The van der Waals surface area contributed by atoms with Gasteiger partial charge in [0.15, 0.2) is 0 Å². The highest BCUT2D eigenvalue weighted by molar-refractivity contribution is 5.76. The number of hydrogen-bond donors (Lipinski definition) is 1. The summed E-state index contributed by atoms with van der Waals surface area (Å²) in [4.78, 5) is 16.6. The molecule has 3 rings (SSSR count). The Morgan fingerprint density at radius 3 is 2.86 bits per heavy atom. The summed E-state index contributed by atoms with van der Waals surface area (Å²) in [6.07, 6.45) is 7.77. The average molecular weight is 285 g/mol. The van der Waals surface area contributed by atoms with Gasteiger partial charge in [0.2, 0.25) is 5.91 Å². The van der Waals surface area contributed by atoms with Gasteiger partial charge in [-0.05, 0) is 37.3 Å². The molecule has 1 aliphatic rings. The summed E-state index contributed by atoms with van der Waals surface area (Å²) < 4.78 is 1.80. The largest absolute Gasteiger partial charge is 0.347 e. The van der Waals surface area contributed by atoms with Crippen LogP contribution in [0.3, 0.4) is 0 Å². The number of rotatable bonds is 6. The van der Waals surface area contributed by atoms with Gasteiger partial charge in [0.25, 0.3) is 0 Å². The van der Waals surface area contributed by atoms with Crippen LogP contribution in [0.15, 0.2) is 31.0 Å². The van der Waals surface area contributed by atoms with Crippen LogP contribution >= 0.6 is 0 Å². The second-order valence-corrected chi connectivity index (χ2v) is 5.54. The van der Waals surface area contributed by atoms with Gasteiger partial charge in [-0.2, -0.15) is 0 Å². The number of aromatic nitrogens is 4. The van der Waals surface area contributed by atoms with Crippen molar-refractivity contribution in [3.05, 3.63) is 42.2 Å². The Hall–Kier alpha value is -2.24. The van der Waals surface area contributed by atoms with Crippen molar-refractivity contribution >= 4 is 5.91 Å². The fourth-order valence-corrected chi connectivity index (χ4v) is 2.48. The smallest absolute Gasteiger partial charge is 0.222 e. The number of nitrogens with one attached hydrogen (secondary N) is 1. The first-order valence-corrected chi connectivity index (χ1v) is 7.27. The normalized spacial score (nSPS) is 15.7. The number of amides is 1. The molecule has 0 bridgehead atoms. The van der Waals surface area contributed by atoms with Gasteiger partial charge in [-0.25, -0.2) is 0 Å². The molecule has 1 amide bonds. The molecule has 2 heterocycles. The predicted molar refractivity (Wildman–Crippen MR) is 77.2 cm³/mol. The molecule has 0 unspecified atom stereocenters. The Kier molecular flexibility index (Phi) is 3.94. The molecule has 2 aromatic rings. The lowest BCUT2D eigenvalue weighted by Crippen LogP contribution is -2.31. The summed E-state index contributed by atoms with van der Waals surface area (Å²) in [6.45, 7) is 2.64. The van der Waals surface area contributed by atoms with Gasteiger partial charge in [0, 0.05) is 19.2 Å². The number of nitrogens with zero attached hydrogens (tertiary/aromatic N) is 4. The van der Waals surface area contributed by atoms with Crippen LogP contribution < -0.4 is 5.32 Å². The van der Waals surface area contributed by atoms with Gasteiger partial charge in [-0.3, -0.25) is 9.78 Å². The Balaban J connectivity index is 1.63. The summed E-state index contributed by atoms with van der Waals surface area (Å²) in [5, 5.41) is 10.6. The van der Waals surface area contributed by atoms with Crippen LogP contribution in [0, 0.1) is 12.8 Å². The van der Waals surface area contributed by atoms with Crippen LogP contribution in [0.5, 0.6) is 0 Å². The molecule has 0 aliphatic heterocycles. The SMILES string of the molecule is Cc1cccnc1[C@H](NC(=O)CCn1cnnc1)C1CC1. The van der Waals surface area contributed by atoms with E-state index >= 15 is 0 Å². The van der Waals surface area contributed by atoms with Crippen molar-refractivity contribution < 1.29 is 4.79 Å². The van der Waals surface area contributed by atoms with Crippen LogP contribution in [0.1, 0.15) is 36.6 Å². The highest BCUT2D eigenvalue weighted by Crippen LogP contribution is 2.41. The zero-order chi connectivity index (χ0) is 14.7. The predicted octanol–water partition coefficient (Wildman–Crippen LogP) is 1.64. The minimum absolute atomic E-state index is 0.0413. The molecule has 0 spiro atoms. The third-order valence-corrected chi connectivity index (χ3v) is 3.82. The second-order valence-electron chi connectivity index (χ2n) is 5.54. The summed E-state index contributed by atoms with van der Waals surface area (Å²) in [7, 11) is 0. The van der Waals surface area contributed by atoms with Crippen molar-refractivity contribution in [2.75, 3.05) is 0 Å². The van der Waals surface area contributed by atoms with E-state index in [4.69, 9.17) is 0 Å². The number of pyridine rings is 1. The van der Waals surface area contributed by atoms with E-state index in [1.54, 1.807) is 23.4 Å². The molecule has 0 saturated heterocycles. The lowest BCUT2D eigenvalue weighted by molar-refractivity contribution is -0.122. The number of carbonyl (C=O) groups is 1. The lowest BCUT2D eigenvalue weighted by Gasteiger charge is -2.19. The van der Waals surface area contributed by atoms with Gasteiger partial charge in [0.05, 0.1) is 11.7 Å². The molecule has 2 aromatic heterocycles. The second kappa shape index (κ2) is 6.03. The maximum absolute atomic E-state index is 12.2. The first-order valence-electron chi connectivity index (χ1n) is 7.27. The van der Waals surface area contributed by atoms with Gasteiger partial charge >= 0.3 is 0 Å². The standard InChI is InChI=1S/C15H19N5O/c1-11-3-2-7-16-14(11)15(12-4-5-12)19-13(21)6-8-20-9-17-18-10-20/h2-3,7,9-10,12,15H,4-6,8H2,1H3,(H,19,21)/t15-/m1/s1. The van der Waals surface area contributed by atoms with E-state index in [1.165, 1.54) is 0 Å². The van der Waals surface area contributed by atoms with Crippen LogP contribution in [-0.4, -0.2) is 25.7 Å². The third-order valence-electron chi connectivity index (χ3n) is 3.82. The minimum atomic E-state index is 0.0413. The summed E-state index contributed by atoms with van der Waals surface area (Å²) in [5.74, 6) is 0.572.